The number of amidine groups is 1. The minimum atomic E-state index is -0.649. The average molecular weight is 438 g/mol. The molecule has 6 nitrogen and oxygen atoms in total. The predicted octanol–water partition coefficient (Wildman–Crippen LogP) is 5.50. The van der Waals surface area contributed by atoms with Crippen LogP contribution in [0.2, 0.25) is 0 Å². The van der Waals surface area contributed by atoms with Gasteiger partial charge in [-0.15, -0.1) is 0 Å². The number of fused-ring (bicyclic) bond motifs is 2. The molecule has 3 aliphatic rings. The van der Waals surface area contributed by atoms with Gasteiger partial charge in [-0.1, -0.05) is 43.3 Å². The Hall–Kier alpha value is -3.64. The fourth-order valence-electron chi connectivity index (χ4n) is 4.60. The number of aromatic amines is 1. The number of aromatic nitrogens is 2. The third-order valence-corrected chi connectivity index (χ3v) is 6.88. The van der Waals surface area contributed by atoms with Gasteiger partial charge in [0.25, 0.3) is 0 Å². The number of rotatable bonds is 3. The Bertz CT molecular complexity index is 1320. The molecule has 0 spiro atoms. The molecule has 2 aromatic carbocycles. The van der Waals surface area contributed by atoms with E-state index < -0.39 is 5.60 Å². The second-order valence-electron chi connectivity index (χ2n) is 9.29. The van der Waals surface area contributed by atoms with Gasteiger partial charge < -0.3 is 15.3 Å². The molecule has 1 unspecified atom stereocenters. The summed E-state index contributed by atoms with van der Waals surface area (Å²) in [6.07, 6.45) is 14.2. The third kappa shape index (κ3) is 3.66. The predicted molar refractivity (Wildman–Crippen MR) is 132 cm³/mol. The van der Waals surface area contributed by atoms with E-state index in [-0.39, 0.29) is 0 Å². The van der Waals surface area contributed by atoms with Gasteiger partial charge in [-0.05, 0) is 55.4 Å². The van der Waals surface area contributed by atoms with E-state index in [2.05, 4.69) is 70.1 Å². The van der Waals surface area contributed by atoms with Crippen molar-refractivity contribution in [2.24, 2.45) is 10.9 Å². The molecule has 3 aromatic rings. The van der Waals surface area contributed by atoms with Crippen molar-refractivity contribution in [3.63, 3.8) is 0 Å². The first-order chi connectivity index (χ1) is 16.1. The zero-order chi connectivity index (χ0) is 22.4. The Morgan fingerprint density at radius 1 is 1.15 bits per heavy atom. The van der Waals surface area contributed by atoms with Crippen LogP contribution >= 0.6 is 0 Å². The zero-order valence-corrected chi connectivity index (χ0v) is 18.6. The van der Waals surface area contributed by atoms with Gasteiger partial charge in [0.15, 0.2) is 5.84 Å². The molecule has 6 rings (SSSR count). The van der Waals surface area contributed by atoms with E-state index in [1.807, 2.05) is 30.5 Å². The standard InChI is InChI=1S/C27H27N5O/c1-18-3-10-25-26(29-22-8-6-21(7-9-22)27(33)12-2-13-27)30-24(17-32(25)14-11-18)19-4-5-20-16-28-31-23(20)15-19/h4-11,14-18,33H,2-3,12-13H2,1H3,(H,28,31)(H,29,30). The number of benzene rings is 2. The number of hydrogen-bond acceptors (Lipinski definition) is 5. The lowest BCUT2D eigenvalue weighted by Gasteiger charge is -2.37. The number of H-pyrrole nitrogens is 1. The number of allylic oxidation sites excluding steroid dienone is 2. The first kappa shape index (κ1) is 20.0. The average Bonchev–Trinajstić information content (AvgIpc) is 3.20. The van der Waals surface area contributed by atoms with Crippen molar-refractivity contribution in [3.05, 3.63) is 90.0 Å². The van der Waals surface area contributed by atoms with Gasteiger partial charge in [0.2, 0.25) is 0 Å². The summed E-state index contributed by atoms with van der Waals surface area (Å²) in [5.74, 6) is 1.27. The van der Waals surface area contributed by atoms with E-state index in [4.69, 9.17) is 4.99 Å². The van der Waals surface area contributed by atoms with E-state index in [0.717, 1.165) is 70.6 Å². The molecular formula is C27H27N5O. The summed E-state index contributed by atoms with van der Waals surface area (Å²) in [4.78, 5) is 7.18. The number of hydrogen-bond donors (Lipinski definition) is 3. The molecular weight excluding hydrogens is 410 g/mol. The highest BCUT2D eigenvalue weighted by Crippen LogP contribution is 2.41. The number of nitrogens with one attached hydrogen (secondary N) is 2. The molecule has 2 aliphatic heterocycles. The van der Waals surface area contributed by atoms with Crippen molar-refractivity contribution in [2.45, 2.75) is 38.2 Å². The van der Waals surface area contributed by atoms with Gasteiger partial charge in [0.05, 0.1) is 28.7 Å². The van der Waals surface area contributed by atoms with Crippen molar-refractivity contribution >= 4 is 28.1 Å². The molecule has 3 N–H and O–H groups in total. The van der Waals surface area contributed by atoms with Crippen LogP contribution in [0.3, 0.4) is 0 Å². The second kappa shape index (κ2) is 7.74. The van der Waals surface area contributed by atoms with Crippen molar-refractivity contribution in [3.8, 4) is 0 Å². The highest BCUT2D eigenvalue weighted by molar-refractivity contribution is 6.11. The van der Waals surface area contributed by atoms with Crippen molar-refractivity contribution < 1.29 is 5.11 Å². The van der Waals surface area contributed by atoms with Gasteiger partial charge in [-0.3, -0.25) is 5.10 Å². The van der Waals surface area contributed by atoms with E-state index in [1.165, 1.54) is 0 Å². The van der Waals surface area contributed by atoms with E-state index >= 15 is 0 Å². The lowest BCUT2D eigenvalue weighted by Crippen LogP contribution is -2.33. The van der Waals surface area contributed by atoms with Gasteiger partial charge in [0.1, 0.15) is 0 Å². The van der Waals surface area contributed by atoms with Crippen LogP contribution in [0.1, 0.15) is 43.7 Å². The Kier molecular flexibility index (Phi) is 4.69. The molecule has 1 saturated carbocycles. The van der Waals surface area contributed by atoms with Crippen LogP contribution in [-0.2, 0) is 5.60 Å². The molecule has 166 valence electrons. The topological polar surface area (TPSA) is 76.5 Å². The maximum atomic E-state index is 10.6. The number of aliphatic imine (C=N–C) groups is 1. The Morgan fingerprint density at radius 2 is 2.00 bits per heavy atom. The minimum Gasteiger partial charge on any atom is -0.385 e. The Labute approximate surface area is 193 Å². The van der Waals surface area contributed by atoms with Crippen LogP contribution in [0.15, 0.2) is 83.9 Å². The summed E-state index contributed by atoms with van der Waals surface area (Å²) in [6.45, 7) is 2.22. The number of anilines is 1. The minimum absolute atomic E-state index is 0.463. The van der Waals surface area contributed by atoms with E-state index in [9.17, 15) is 5.11 Å². The summed E-state index contributed by atoms with van der Waals surface area (Å²) in [7, 11) is 0. The Balaban J connectivity index is 1.36. The molecule has 0 saturated heterocycles. The van der Waals surface area contributed by atoms with Gasteiger partial charge in [0, 0.05) is 29.0 Å². The molecule has 3 heterocycles. The molecule has 0 amide bonds. The summed E-state index contributed by atoms with van der Waals surface area (Å²) in [6, 6.07) is 14.3. The SMILES string of the molecule is CC1C=CN2C=C(c3ccc4cn[nH]c4c3)N=C(Nc3ccc(C4(O)CCC4)cc3)C2=CC1. The van der Waals surface area contributed by atoms with Crippen LogP contribution in [-0.4, -0.2) is 26.0 Å². The monoisotopic (exact) mass is 437 g/mol. The van der Waals surface area contributed by atoms with E-state index in [0.29, 0.717) is 5.92 Å². The molecule has 1 aliphatic carbocycles. The van der Waals surface area contributed by atoms with Crippen molar-refractivity contribution in [2.75, 3.05) is 5.32 Å². The normalized spacial score (nSPS) is 21.5. The summed E-state index contributed by atoms with van der Waals surface area (Å²) >= 11 is 0. The molecule has 33 heavy (non-hydrogen) atoms. The summed E-state index contributed by atoms with van der Waals surface area (Å²) < 4.78 is 0. The van der Waals surface area contributed by atoms with Crippen LogP contribution in [0.25, 0.3) is 16.6 Å². The fourth-order valence-corrected chi connectivity index (χ4v) is 4.60. The van der Waals surface area contributed by atoms with E-state index in [1.54, 1.807) is 0 Å². The fraction of sp³-hybridized carbons (Fsp3) is 0.259. The van der Waals surface area contributed by atoms with Gasteiger partial charge in [-0.2, -0.15) is 5.10 Å². The highest BCUT2D eigenvalue weighted by Gasteiger charge is 2.36. The maximum Gasteiger partial charge on any atom is 0.155 e. The quantitative estimate of drug-likeness (QED) is 0.506. The van der Waals surface area contributed by atoms with Gasteiger partial charge >= 0.3 is 0 Å². The first-order valence-electron chi connectivity index (χ1n) is 11.6. The third-order valence-electron chi connectivity index (χ3n) is 6.88. The van der Waals surface area contributed by atoms with Crippen LogP contribution in [0.5, 0.6) is 0 Å². The molecule has 0 radical (unpaired) electrons. The maximum absolute atomic E-state index is 10.6. The summed E-state index contributed by atoms with van der Waals surface area (Å²) in [5, 5.41) is 22.4. The van der Waals surface area contributed by atoms with Crippen LogP contribution in [0.4, 0.5) is 5.69 Å². The smallest absolute Gasteiger partial charge is 0.155 e. The van der Waals surface area contributed by atoms with Gasteiger partial charge in [-0.25, -0.2) is 4.99 Å². The van der Waals surface area contributed by atoms with Crippen molar-refractivity contribution in [1.29, 1.82) is 0 Å². The lowest BCUT2D eigenvalue weighted by molar-refractivity contribution is -0.0387. The molecule has 6 heteroatoms. The highest BCUT2D eigenvalue weighted by atomic mass is 16.3. The lowest BCUT2D eigenvalue weighted by atomic mass is 9.75. The summed E-state index contributed by atoms with van der Waals surface area (Å²) in [5.41, 5.74) is 5.24. The number of nitrogens with zero attached hydrogens (tertiary/aromatic N) is 3. The molecule has 1 fully saturated rings. The largest absolute Gasteiger partial charge is 0.385 e. The van der Waals surface area contributed by atoms with Crippen molar-refractivity contribution in [1.82, 2.24) is 15.1 Å². The second-order valence-corrected chi connectivity index (χ2v) is 9.29. The molecule has 0 bridgehead atoms. The van der Waals surface area contributed by atoms with Crippen LogP contribution < -0.4 is 5.32 Å². The zero-order valence-electron chi connectivity index (χ0n) is 18.6. The number of aliphatic hydroxyl groups is 1. The molecule has 1 atom stereocenters. The van der Waals surface area contributed by atoms with Crippen LogP contribution in [0, 0.1) is 5.92 Å². The Morgan fingerprint density at radius 3 is 2.79 bits per heavy atom. The molecule has 1 aromatic heterocycles. The first-order valence-corrected chi connectivity index (χ1v) is 11.6.